The molecule has 0 aliphatic carbocycles. The Labute approximate surface area is 98.0 Å². The number of aliphatic carboxylic acids is 1. The molecule has 1 aromatic heterocycles. The number of nitrogens with two attached hydrogens (primary N) is 1. The third-order valence-electron chi connectivity index (χ3n) is 1.34. The van der Waals surface area contributed by atoms with Crippen molar-refractivity contribution in [3.63, 3.8) is 0 Å². The van der Waals surface area contributed by atoms with Crippen molar-refractivity contribution < 1.29 is 27.9 Å². The molecule has 1 aromatic rings. The van der Waals surface area contributed by atoms with Crippen LogP contribution in [0.15, 0.2) is 12.3 Å². The second-order valence-corrected chi connectivity index (χ2v) is 2.88. The number of aromatic nitrogens is 1. The van der Waals surface area contributed by atoms with Crippen molar-refractivity contribution in [1.29, 1.82) is 0 Å². The molecular formula is C8H6ClF3N2O3. The molecule has 0 saturated carbocycles. The van der Waals surface area contributed by atoms with Gasteiger partial charge in [-0.1, -0.05) is 11.6 Å². The van der Waals surface area contributed by atoms with Crippen molar-refractivity contribution >= 4 is 29.5 Å². The number of hydrogen-bond donors (Lipinski definition) is 2. The number of hydrogen-bond acceptors (Lipinski definition) is 4. The Morgan fingerprint density at radius 1 is 1.53 bits per heavy atom. The summed E-state index contributed by atoms with van der Waals surface area (Å²) in [6.45, 7) is 0. The Balaban J connectivity index is 0.000000325. The Bertz CT molecular complexity index is 403. The lowest BCUT2D eigenvalue weighted by atomic mass is 10.3. The molecule has 0 aliphatic heterocycles. The van der Waals surface area contributed by atoms with Gasteiger partial charge in [-0.3, -0.25) is 4.79 Å². The number of carbonyl (C=O) groups is 2. The van der Waals surface area contributed by atoms with E-state index in [1.54, 1.807) is 0 Å². The molecule has 17 heavy (non-hydrogen) atoms. The number of pyridine rings is 1. The van der Waals surface area contributed by atoms with Gasteiger partial charge in [-0.05, 0) is 6.07 Å². The highest BCUT2D eigenvalue weighted by atomic mass is 35.5. The third kappa shape index (κ3) is 5.16. The average Bonchev–Trinajstić information content (AvgIpc) is 2.17. The summed E-state index contributed by atoms with van der Waals surface area (Å²) < 4.78 is 31.7. The number of carboxylic acids is 1. The first-order chi connectivity index (χ1) is 7.70. The Morgan fingerprint density at radius 2 is 2.00 bits per heavy atom. The molecule has 0 bridgehead atoms. The van der Waals surface area contributed by atoms with Crippen molar-refractivity contribution in [3.05, 3.63) is 23.0 Å². The van der Waals surface area contributed by atoms with Crippen LogP contribution in [0.5, 0.6) is 0 Å². The first-order valence-electron chi connectivity index (χ1n) is 3.85. The molecule has 5 nitrogen and oxygen atoms in total. The van der Waals surface area contributed by atoms with E-state index in [4.69, 9.17) is 27.2 Å². The molecule has 0 aromatic carbocycles. The van der Waals surface area contributed by atoms with E-state index in [0.717, 1.165) is 0 Å². The van der Waals surface area contributed by atoms with Gasteiger partial charge in [0.05, 0.1) is 5.56 Å². The maximum Gasteiger partial charge on any atom is 0.490 e. The molecule has 9 heteroatoms. The summed E-state index contributed by atoms with van der Waals surface area (Å²) in [5.74, 6) is -2.76. The van der Waals surface area contributed by atoms with E-state index in [1.165, 1.54) is 12.3 Å². The SMILES string of the molecule is Nc1ccnc(Cl)c1C=O.O=C(O)C(F)(F)F. The lowest BCUT2D eigenvalue weighted by Gasteiger charge is -1.96. The summed E-state index contributed by atoms with van der Waals surface area (Å²) in [7, 11) is 0. The maximum atomic E-state index is 10.6. The van der Waals surface area contributed by atoms with Gasteiger partial charge in [-0.25, -0.2) is 9.78 Å². The molecule has 1 heterocycles. The zero-order valence-electron chi connectivity index (χ0n) is 8.03. The lowest BCUT2D eigenvalue weighted by Crippen LogP contribution is -2.21. The van der Waals surface area contributed by atoms with Gasteiger partial charge in [-0.2, -0.15) is 13.2 Å². The monoisotopic (exact) mass is 270 g/mol. The fraction of sp³-hybridized carbons (Fsp3) is 0.125. The molecule has 3 N–H and O–H groups in total. The van der Waals surface area contributed by atoms with Crippen LogP contribution in [-0.4, -0.2) is 28.5 Å². The molecule has 0 saturated heterocycles. The van der Waals surface area contributed by atoms with Crippen molar-refractivity contribution in [1.82, 2.24) is 4.98 Å². The summed E-state index contributed by atoms with van der Waals surface area (Å²) in [6, 6.07) is 1.52. The van der Waals surface area contributed by atoms with E-state index < -0.39 is 12.1 Å². The number of nitrogens with zero attached hydrogens (tertiary/aromatic N) is 1. The van der Waals surface area contributed by atoms with E-state index in [9.17, 15) is 18.0 Å². The number of nitrogen functional groups attached to an aromatic ring is 1. The molecule has 0 amide bonds. The Morgan fingerprint density at radius 3 is 2.24 bits per heavy atom. The minimum absolute atomic E-state index is 0.148. The summed E-state index contributed by atoms with van der Waals surface area (Å²) in [4.78, 5) is 22.8. The highest BCUT2D eigenvalue weighted by Gasteiger charge is 2.38. The van der Waals surface area contributed by atoms with Crippen molar-refractivity contribution in [2.24, 2.45) is 0 Å². The van der Waals surface area contributed by atoms with Gasteiger partial charge in [0, 0.05) is 11.9 Å². The molecule has 0 unspecified atom stereocenters. The van der Waals surface area contributed by atoms with Crippen molar-refractivity contribution in [2.75, 3.05) is 5.73 Å². The first kappa shape index (κ1) is 15.2. The minimum Gasteiger partial charge on any atom is -0.475 e. The lowest BCUT2D eigenvalue weighted by molar-refractivity contribution is -0.192. The van der Waals surface area contributed by atoms with E-state index >= 15 is 0 Å². The van der Waals surface area contributed by atoms with Crippen LogP contribution in [0.3, 0.4) is 0 Å². The van der Waals surface area contributed by atoms with Crippen molar-refractivity contribution in [2.45, 2.75) is 6.18 Å². The highest BCUT2D eigenvalue weighted by Crippen LogP contribution is 2.15. The molecule has 0 atom stereocenters. The van der Waals surface area contributed by atoms with Gasteiger partial charge >= 0.3 is 12.1 Å². The maximum absolute atomic E-state index is 10.6. The highest BCUT2D eigenvalue weighted by molar-refractivity contribution is 6.32. The number of carboxylic acid groups (broad SMARTS) is 1. The quantitative estimate of drug-likeness (QED) is 0.599. The number of rotatable bonds is 1. The average molecular weight is 271 g/mol. The van der Waals surface area contributed by atoms with Crippen LogP contribution >= 0.6 is 11.6 Å². The summed E-state index contributed by atoms with van der Waals surface area (Å²) in [5.41, 5.74) is 5.99. The van der Waals surface area contributed by atoms with E-state index in [0.29, 0.717) is 12.0 Å². The zero-order chi connectivity index (χ0) is 13.6. The predicted octanol–water partition coefficient (Wildman–Crippen LogP) is 1.76. The molecule has 94 valence electrons. The minimum atomic E-state index is -5.08. The molecule has 0 fully saturated rings. The Kier molecular flexibility index (Phi) is 5.39. The molecule has 1 rings (SSSR count). The number of carbonyl (C=O) groups excluding carboxylic acids is 1. The van der Waals surface area contributed by atoms with Gasteiger partial charge in [-0.15, -0.1) is 0 Å². The fourth-order valence-electron chi connectivity index (χ4n) is 0.578. The second kappa shape index (κ2) is 6.04. The summed E-state index contributed by atoms with van der Waals surface area (Å²) >= 11 is 5.51. The van der Waals surface area contributed by atoms with Crippen LogP contribution in [0.1, 0.15) is 10.4 Å². The van der Waals surface area contributed by atoms with Crippen molar-refractivity contribution in [3.8, 4) is 0 Å². The normalized spacial score (nSPS) is 10.1. The van der Waals surface area contributed by atoms with Crippen LogP contribution in [-0.2, 0) is 4.79 Å². The fourth-order valence-corrected chi connectivity index (χ4v) is 0.788. The Hall–Kier alpha value is -1.83. The number of halogens is 4. The third-order valence-corrected chi connectivity index (χ3v) is 1.64. The van der Waals surface area contributed by atoms with Gasteiger partial charge in [0.1, 0.15) is 5.15 Å². The molecule has 0 spiro atoms. The standard InChI is InChI=1S/C6H5ClN2O.C2HF3O2/c7-6-4(3-10)5(8)1-2-9-6;3-2(4,5)1(6)7/h1-3H,(H2,8,9);(H,6,7). The predicted molar refractivity (Wildman–Crippen MR) is 52.7 cm³/mol. The van der Waals surface area contributed by atoms with Gasteiger partial charge in [0.15, 0.2) is 6.29 Å². The van der Waals surface area contributed by atoms with E-state index in [-0.39, 0.29) is 10.7 Å². The number of anilines is 1. The van der Waals surface area contributed by atoms with Crippen LogP contribution < -0.4 is 5.73 Å². The molecule has 0 aliphatic rings. The van der Waals surface area contributed by atoms with Crippen LogP contribution in [0, 0.1) is 0 Å². The summed E-state index contributed by atoms with van der Waals surface area (Å²) in [6.07, 6.45) is -3.05. The summed E-state index contributed by atoms with van der Waals surface area (Å²) in [5, 5.41) is 7.27. The van der Waals surface area contributed by atoms with Gasteiger partial charge in [0.25, 0.3) is 0 Å². The molecule has 0 radical (unpaired) electrons. The van der Waals surface area contributed by atoms with Gasteiger partial charge in [0.2, 0.25) is 0 Å². The topological polar surface area (TPSA) is 93.3 Å². The van der Waals surface area contributed by atoms with Crippen LogP contribution in [0.2, 0.25) is 5.15 Å². The van der Waals surface area contributed by atoms with Gasteiger partial charge < -0.3 is 10.8 Å². The second-order valence-electron chi connectivity index (χ2n) is 2.53. The zero-order valence-corrected chi connectivity index (χ0v) is 8.79. The van der Waals surface area contributed by atoms with Crippen LogP contribution in [0.4, 0.5) is 18.9 Å². The molecular weight excluding hydrogens is 265 g/mol. The first-order valence-corrected chi connectivity index (χ1v) is 4.23. The smallest absolute Gasteiger partial charge is 0.475 e. The number of alkyl halides is 3. The van der Waals surface area contributed by atoms with E-state index in [1.807, 2.05) is 0 Å². The largest absolute Gasteiger partial charge is 0.490 e. The van der Waals surface area contributed by atoms with Crippen LogP contribution in [0.25, 0.3) is 0 Å². The number of aldehydes is 1. The van der Waals surface area contributed by atoms with E-state index in [2.05, 4.69) is 4.98 Å².